The minimum Gasteiger partial charge on any atom is -0.355 e. The number of piperidine rings is 1. The molecule has 3 nitrogen and oxygen atoms in total. The number of hydrogen-bond donors (Lipinski definition) is 1. The van der Waals surface area contributed by atoms with Crippen LogP contribution < -0.4 is 5.32 Å². The zero-order valence-electron chi connectivity index (χ0n) is 16.4. The van der Waals surface area contributed by atoms with Crippen molar-refractivity contribution in [3.05, 3.63) is 65.2 Å². The lowest BCUT2D eigenvalue weighted by Crippen LogP contribution is -2.40. The summed E-state index contributed by atoms with van der Waals surface area (Å²) in [6.07, 6.45) is 1.92. The Bertz CT molecular complexity index is 736. The van der Waals surface area contributed by atoms with E-state index in [1.54, 1.807) is 11.8 Å². The third kappa shape index (κ3) is 6.40. The van der Waals surface area contributed by atoms with E-state index in [0.29, 0.717) is 0 Å². The quantitative estimate of drug-likeness (QED) is 0.568. The Morgan fingerprint density at radius 2 is 1.81 bits per heavy atom. The second-order valence-electron chi connectivity index (χ2n) is 7.49. The van der Waals surface area contributed by atoms with Crippen molar-refractivity contribution >= 4 is 17.7 Å². The summed E-state index contributed by atoms with van der Waals surface area (Å²) < 4.78 is 0. The number of nitrogens with one attached hydrogen (secondary N) is 1. The van der Waals surface area contributed by atoms with E-state index >= 15 is 0 Å². The van der Waals surface area contributed by atoms with Gasteiger partial charge in [-0.1, -0.05) is 47.5 Å². The molecule has 27 heavy (non-hydrogen) atoms. The molecule has 0 atom stereocenters. The average molecular weight is 383 g/mol. The third-order valence-electron chi connectivity index (χ3n) is 5.14. The minimum absolute atomic E-state index is 0.170. The lowest BCUT2D eigenvalue weighted by molar-refractivity contribution is -0.126. The Labute approximate surface area is 167 Å². The Morgan fingerprint density at radius 3 is 2.52 bits per heavy atom. The van der Waals surface area contributed by atoms with E-state index < -0.39 is 0 Å². The monoisotopic (exact) mass is 382 g/mol. The topological polar surface area (TPSA) is 32.3 Å². The van der Waals surface area contributed by atoms with E-state index in [4.69, 9.17) is 0 Å². The largest absolute Gasteiger partial charge is 0.355 e. The van der Waals surface area contributed by atoms with Gasteiger partial charge in [0.05, 0.1) is 0 Å². The van der Waals surface area contributed by atoms with Crippen LogP contribution in [-0.2, 0) is 11.3 Å². The second-order valence-corrected chi connectivity index (χ2v) is 8.66. The summed E-state index contributed by atoms with van der Waals surface area (Å²) in [6, 6.07) is 17.3. The molecule has 0 unspecified atom stereocenters. The highest BCUT2D eigenvalue weighted by Crippen LogP contribution is 2.20. The molecule has 0 saturated carbocycles. The molecule has 2 aromatic carbocycles. The van der Waals surface area contributed by atoms with Gasteiger partial charge in [-0.25, -0.2) is 0 Å². The summed E-state index contributed by atoms with van der Waals surface area (Å²) in [5.74, 6) is 1.32. The molecule has 1 aliphatic rings. The number of nitrogens with zero attached hydrogens (tertiary/aromatic N) is 1. The minimum atomic E-state index is 0.170. The highest BCUT2D eigenvalue weighted by molar-refractivity contribution is 7.99. The van der Waals surface area contributed by atoms with Crippen molar-refractivity contribution in [3.63, 3.8) is 0 Å². The molecule has 1 saturated heterocycles. The van der Waals surface area contributed by atoms with E-state index in [2.05, 4.69) is 72.6 Å². The van der Waals surface area contributed by atoms with Gasteiger partial charge < -0.3 is 5.32 Å². The van der Waals surface area contributed by atoms with Crippen molar-refractivity contribution < 1.29 is 4.79 Å². The molecule has 4 heteroatoms. The van der Waals surface area contributed by atoms with Gasteiger partial charge in [0.25, 0.3) is 0 Å². The van der Waals surface area contributed by atoms with Gasteiger partial charge in [0.1, 0.15) is 0 Å². The SMILES string of the molecule is Cc1ccc(SCCNC(=O)C2CCN(Cc3cccc(C)c3)CC2)cc1. The number of rotatable bonds is 7. The molecule has 0 bridgehead atoms. The Balaban J connectivity index is 1.34. The van der Waals surface area contributed by atoms with Crippen LogP contribution in [0.4, 0.5) is 0 Å². The van der Waals surface area contributed by atoms with Crippen LogP contribution >= 0.6 is 11.8 Å². The van der Waals surface area contributed by atoms with Crippen molar-refractivity contribution in [2.24, 2.45) is 5.92 Å². The number of aryl methyl sites for hydroxylation is 2. The number of amides is 1. The maximum Gasteiger partial charge on any atom is 0.223 e. The van der Waals surface area contributed by atoms with Gasteiger partial charge in [-0.15, -0.1) is 11.8 Å². The van der Waals surface area contributed by atoms with Crippen LogP contribution in [0.2, 0.25) is 0 Å². The van der Waals surface area contributed by atoms with E-state index in [1.807, 2.05) is 0 Å². The maximum absolute atomic E-state index is 12.4. The predicted octanol–water partition coefficient (Wildman–Crippen LogP) is 4.42. The number of carbonyl (C=O) groups excluding carboxylic acids is 1. The van der Waals surface area contributed by atoms with Crippen LogP contribution in [0.15, 0.2) is 53.4 Å². The number of likely N-dealkylation sites (tertiary alicyclic amines) is 1. The van der Waals surface area contributed by atoms with E-state index in [0.717, 1.165) is 44.8 Å². The first-order valence-corrected chi connectivity index (χ1v) is 10.8. The first-order chi connectivity index (χ1) is 13.1. The molecule has 2 aromatic rings. The standard InChI is InChI=1S/C23H30N2OS/c1-18-6-8-22(9-7-18)27-15-12-24-23(26)21-10-13-25(14-11-21)17-20-5-3-4-19(2)16-20/h3-9,16,21H,10-15,17H2,1-2H3,(H,24,26). The zero-order chi connectivity index (χ0) is 19.1. The summed E-state index contributed by atoms with van der Waals surface area (Å²) >= 11 is 1.80. The third-order valence-corrected chi connectivity index (χ3v) is 6.15. The van der Waals surface area contributed by atoms with Crippen LogP contribution in [0, 0.1) is 19.8 Å². The first-order valence-electron chi connectivity index (χ1n) is 9.85. The second kappa shape index (κ2) is 9.95. The Hall–Kier alpha value is -1.78. The highest BCUT2D eigenvalue weighted by Gasteiger charge is 2.24. The molecule has 3 rings (SSSR count). The van der Waals surface area contributed by atoms with E-state index in [1.165, 1.54) is 21.6 Å². The highest BCUT2D eigenvalue weighted by atomic mass is 32.2. The lowest BCUT2D eigenvalue weighted by atomic mass is 9.95. The van der Waals surface area contributed by atoms with Crippen molar-refractivity contribution in [1.29, 1.82) is 0 Å². The van der Waals surface area contributed by atoms with Crippen molar-refractivity contribution in [1.82, 2.24) is 10.2 Å². The maximum atomic E-state index is 12.4. The van der Waals surface area contributed by atoms with Gasteiger partial charge in [-0.3, -0.25) is 9.69 Å². The molecular formula is C23H30N2OS. The number of hydrogen-bond acceptors (Lipinski definition) is 3. The van der Waals surface area contributed by atoms with Gasteiger partial charge in [0.15, 0.2) is 0 Å². The first kappa shape index (κ1) is 20.0. The normalized spacial score (nSPS) is 15.6. The molecule has 0 spiro atoms. The van der Waals surface area contributed by atoms with Gasteiger partial charge in [0.2, 0.25) is 5.91 Å². The summed E-state index contributed by atoms with van der Waals surface area (Å²) in [7, 11) is 0. The fraction of sp³-hybridized carbons (Fsp3) is 0.435. The lowest BCUT2D eigenvalue weighted by Gasteiger charge is -2.31. The molecule has 0 aliphatic carbocycles. The van der Waals surface area contributed by atoms with E-state index in [-0.39, 0.29) is 11.8 Å². The molecule has 1 heterocycles. The average Bonchev–Trinajstić information content (AvgIpc) is 2.67. The van der Waals surface area contributed by atoms with Gasteiger partial charge in [-0.2, -0.15) is 0 Å². The summed E-state index contributed by atoms with van der Waals surface area (Å²) in [4.78, 5) is 16.2. The zero-order valence-corrected chi connectivity index (χ0v) is 17.2. The molecule has 144 valence electrons. The molecule has 1 amide bonds. The van der Waals surface area contributed by atoms with Crippen LogP contribution in [0.3, 0.4) is 0 Å². The fourth-order valence-electron chi connectivity index (χ4n) is 3.54. The summed E-state index contributed by atoms with van der Waals surface area (Å²) in [6.45, 7) is 7.97. The van der Waals surface area contributed by atoms with Gasteiger partial charge >= 0.3 is 0 Å². The molecule has 1 N–H and O–H groups in total. The Morgan fingerprint density at radius 1 is 1.07 bits per heavy atom. The van der Waals surface area contributed by atoms with Crippen molar-refractivity contribution in [3.8, 4) is 0 Å². The van der Waals surface area contributed by atoms with Gasteiger partial charge in [-0.05, 0) is 57.5 Å². The Kier molecular flexibility index (Phi) is 7.36. The van der Waals surface area contributed by atoms with Crippen molar-refractivity contribution in [2.45, 2.75) is 38.1 Å². The predicted molar refractivity (Wildman–Crippen MR) is 114 cm³/mol. The van der Waals surface area contributed by atoms with E-state index in [9.17, 15) is 4.79 Å². The molecule has 1 aliphatic heterocycles. The van der Waals surface area contributed by atoms with Crippen LogP contribution in [-0.4, -0.2) is 36.2 Å². The number of thioether (sulfide) groups is 1. The van der Waals surface area contributed by atoms with Crippen LogP contribution in [0.1, 0.15) is 29.5 Å². The summed E-state index contributed by atoms with van der Waals surface area (Å²) in [5.41, 5.74) is 3.96. The smallest absolute Gasteiger partial charge is 0.223 e. The fourth-order valence-corrected chi connectivity index (χ4v) is 4.31. The van der Waals surface area contributed by atoms with Crippen molar-refractivity contribution in [2.75, 3.05) is 25.4 Å². The van der Waals surface area contributed by atoms with Gasteiger partial charge in [0, 0.05) is 29.7 Å². The summed E-state index contributed by atoms with van der Waals surface area (Å²) in [5, 5.41) is 3.13. The molecule has 0 aromatic heterocycles. The molecular weight excluding hydrogens is 352 g/mol. The molecule has 1 fully saturated rings. The number of carbonyl (C=O) groups is 1. The molecule has 0 radical (unpaired) electrons. The number of benzene rings is 2. The van der Waals surface area contributed by atoms with Crippen LogP contribution in [0.5, 0.6) is 0 Å². The van der Waals surface area contributed by atoms with Crippen LogP contribution in [0.25, 0.3) is 0 Å².